The average molecular weight is 364 g/mol. The lowest BCUT2D eigenvalue weighted by atomic mass is 10.2. The summed E-state index contributed by atoms with van der Waals surface area (Å²) in [6.07, 6.45) is 7.80. The highest BCUT2D eigenvalue weighted by molar-refractivity contribution is 7.99. The first-order valence-electron chi connectivity index (χ1n) is 9.06. The van der Waals surface area contributed by atoms with Crippen LogP contribution in [0, 0.1) is 0 Å². The molecule has 1 saturated heterocycles. The number of morpholine rings is 1. The summed E-state index contributed by atoms with van der Waals surface area (Å²) < 4.78 is 5.45. The molecule has 1 saturated carbocycles. The molecule has 1 aliphatic heterocycles. The topological polar surface area (TPSA) is 61.8 Å². The molecule has 2 aliphatic rings. The van der Waals surface area contributed by atoms with Crippen LogP contribution in [0.1, 0.15) is 24.8 Å². The zero-order valence-electron chi connectivity index (χ0n) is 15.2. The van der Waals surface area contributed by atoms with Crippen LogP contribution >= 0.6 is 11.8 Å². The fraction of sp³-hybridized carbons (Fsp3) is 0.667. The van der Waals surface area contributed by atoms with Crippen LogP contribution in [0.3, 0.4) is 0 Å². The van der Waals surface area contributed by atoms with Crippen LogP contribution in [0.25, 0.3) is 0 Å². The molecule has 6 nitrogen and oxygen atoms in total. The fourth-order valence-electron chi connectivity index (χ4n) is 3.48. The lowest BCUT2D eigenvalue weighted by molar-refractivity contribution is 0.122. The van der Waals surface area contributed by atoms with Gasteiger partial charge in [0, 0.05) is 49.7 Å². The summed E-state index contributed by atoms with van der Waals surface area (Å²) in [6, 6.07) is 4.66. The molecule has 25 heavy (non-hydrogen) atoms. The number of thioether (sulfide) groups is 1. The molecule has 7 heteroatoms. The van der Waals surface area contributed by atoms with Gasteiger partial charge in [0.2, 0.25) is 0 Å². The zero-order valence-corrected chi connectivity index (χ0v) is 16.0. The van der Waals surface area contributed by atoms with E-state index in [-0.39, 0.29) is 0 Å². The van der Waals surface area contributed by atoms with E-state index in [0.29, 0.717) is 6.04 Å². The molecule has 2 fully saturated rings. The second kappa shape index (κ2) is 9.29. The Morgan fingerprint density at radius 2 is 2.24 bits per heavy atom. The molecule has 2 atom stereocenters. The van der Waals surface area contributed by atoms with Crippen molar-refractivity contribution < 1.29 is 4.74 Å². The van der Waals surface area contributed by atoms with Crippen LogP contribution in [0.15, 0.2) is 23.3 Å². The van der Waals surface area contributed by atoms with E-state index in [4.69, 9.17) is 4.74 Å². The van der Waals surface area contributed by atoms with E-state index in [1.165, 1.54) is 24.8 Å². The summed E-state index contributed by atoms with van der Waals surface area (Å²) in [5, 5.41) is 7.81. The second-order valence-corrected chi connectivity index (χ2v) is 7.66. The van der Waals surface area contributed by atoms with Crippen LogP contribution in [0.2, 0.25) is 0 Å². The van der Waals surface area contributed by atoms with E-state index >= 15 is 0 Å². The van der Waals surface area contributed by atoms with Crippen molar-refractivity contribution in [3.8, 4) is 0 Å². The van der Waals surface area contributed by atoms with Crippen molar-refractivity contribution in [3.63, 3.8) is 0 Å². The van der Waals surface area contributed by atoms with Gasteiger partial charge in [0.25, 0.3) is 0 Å². The molecule has 0 radical (unpaired) electrons. The minimum atomic E-state index is 0.524. The third-order valence-corrected chi connectivity index (χ3v) is 6.00. The van der Waals surface area contributed by atoms with Gasteiger partial charge >= 0.3 is 0 Å². The van der Waals surface area contributed by atoms with Crippen LogP contribution in [-0.4, -0.2) is 61.8 Å². The SMILES string of the molecule is CN=C(NCc1cccnc1N1CCOCC1)NC1CCC(SC)C1. The van der Waals surface area contributed by atoms with Crippen molar-refractivity contribution >= 4 is 23.5 Å². The van der Waals surface area contributed by atoms with Crippen molar-refractivity contribution in [3.05, 3.63) is 23.9 Å². The summed E-state index contributed by atoms with van der Waals surface area (Å²) in [5.74, 6) is 1.93. The molecular weight excluding hydrogens is 334 g/mol. The Hall–Kier alpha value is -1.47. The molecule has 1 aromatic rings. The van der Waals surface area contributed by atoms with E-state index in [1.807, 2.05) is 31.1 Å². The van der Waals surface area contributed by atoms with Crippen molar-refractivity contribution in [1.82, 2.24) is 15.6 Å². The number of anilines is 1. The van der Waals surface area contributed by atoms with Gasteiger partial charge in [-0.2, -0.15) is 11.8 Å². The predicted octanol–water partition coefficient (Wildman–Crippen LogP) is 1.87. The maximum Gasteiger partial charge on any atom is 0.191 e. The first-order valence-corrected chi connectivity index (χ1v) is 10.4. The van der Waals surface area contributed by atoms with E-state index in [2.05, 4.69) is 37.8 Å². The summed E-state index contributed by atoms with van der Waals surface area (Å²) >= 11 is 1.97. The molecule has 1 aliphatic carbocycles. The zero-order chi connectivity index (χ0) is 17.5. The first-order chi connectivity index (χ1) is 12.3. The minimum Gasteiger partial charge on any atom is -0.378 e. The predicted molar refractivity (Wildman–Crippen MR) is 106 cm³/mol. The summed E-state index contributed by atoms with van der Waals surface area (Å²) in [5.41, 5.74) is 1.20. The van der Waals surface area contributed by atoms with Crippen molar-refractivity contribution in [2.24, 2.45) is 4.99 Å². The van der Waals surface area contributed by atoms with Gasteiger partial charge in [-0.05, 0) is 31.6 Å². The van der Waals surface area contributed by atoms with Gasteiger partial charge in [-0.3, -0.25) is 4.99 Å². The van der Waals surface area contributed by atoms with Gasteiger partial charge in [0.05, 0.1) is 13.2 Å². The van der Waals surface area contributed by atoms with Crippen LogP contribution in [-0.2, 0) is 11.3 Å². The molecular formula is C18H29N5OS. The minimum absolute atomic E-state index is 0.524. The maximum absolute atomic E-state index is 5.45. The molecule has 0 aromatic carbocycles. The number of rotatable bonds is 5. The molecule has 2 heterocycles. The molecule has 0 bridgehead atoms. The number of nitrogens with one attached hydrogen (secondary N) is 2. The lowest BCUT2D eigenvalue weighted by Crippen LogP contribution is -2.42. The second-order valence-electron chi connectivity index (χ2n) is 6.52. The van der Waals surface area contributed by atoms with Crippen molar-refractivity contribution in [1.29, 1.82) is 0 Å². The molecule has 1 aromatic heterocycles. The number of aliphatic imine (C=N–C) groups is 1. The van der Waals surface area contributed by atoms with Crippen molar-refractivity contribution in [2.45, 2.75) is 37.1 Å². The van der Waals surface area contributed by atoms with Gasteiger partial charge in [-0.1, -0.05) is 6.07 Å². The molecule has 0 spiro atoms. The third kappa shape index (κ3) is 5.01. The maximum atomic E-state index is 5.45. The summed E-state index contributed by atoms with van der Waals surface area (Å²) in [7, 11) is 1.84. The summed E-state index contributed by atoms with van der Waals surface area (Å²) in [6.45, 7) is 4.05. The molecule has 138 valence electrons. The Balaban J connectivity index is 1.57. The van der Waals surface area contributed by atoms with Gasteiger partial charge in [-0.15, -0.1) is 0 Å². The summed E-state index contributed by atoms with van der Waals surface area (Å²) in [4.78, 5) is 11.3. The van der Waals surface area contributed by atoms with Gasteiger partial charge in [-0.25, -0.2) is 4.98 Å². The molecule has 3 rings (SSSR count). The van der Waals surface area contributed by atoms with Gasteiger partial charge in [0.1, 0.15) is 5.82 Å². The monoisotopic (exact) mass is 363 g/mol. The number of nitrogens with zero attached hydrogens (tertiary/aromatic N) is 3. The normalized spacial score (nSPS) is 24.4. The third-order valence-electron chi connectivity index (χ3n) is 4.91. The number of aromatic nitrogens is 1. The smallest absolute Gasteiger partial charge is 0.191 e. The van der Waals surface area contributed by atoms with Crippen LogP contribution < -0.4 is 15.5 Å². The van der Waals surface area contributed by atoms with Crippen molar-refractivity contribution in [2.75, 3.05) is 44.5 Å². The molecule has 0 amide bonds. The Kier molecular flexibility index (Phi) is 6.81. The van der Waals surface area contributed by atoms with E-state index < -0.39 is 0 Å². The highest BCUT2D eigenvalue weighted by Gasteiger charge is 2.24. The van der Waals surface area contributed by atoms with Gasteiger partial charge in [0.15, 0.2) is 5.96 Å². The molecule has 2 unspecified atom stereocenters. The standard InChI is InChI=1S/C18H29N5OS/c1-19-18(22-15-5-6-16(12-15)25-2)21-13-14-4-3-7-20-17(14)23-8-10-24-11-9-23/h3-4,7,15-16H,5-6,8-13H2,1-2H3,(H2,19,21,22). The Morgan fingerprint density at radius 1 is 1.40 bits per heavy atom. The molecule has 2 N–H and O–H groups in total. The van der Waals surface area contributed by atoms with Crippen LogP contribution in [0.4, 0.5) is 5.82 Å². The van der Waals surface area contributed by atoms with E-state index in [9.17, 15) is 0 Å². The highest BCUT2D eigenvalue weighted by atomic mass is 32.2. The van der Waals surface area contributed by atoms with Crippen LogP contribution in [0.5, 0.6) is 0 Å². The van der Waals surface area contributed by atoms with Gasteiger partial charge < -0.3 is 20.3 Å². The largest absolute Gasteiger partial charge is 0.378 e. The quantitative estimate of drug-likeness (QED) is 0.615. The number of hydrogen-bond acceptors (Lipinski definition) is 5. The highest BCUT2D eigenvalue weighted by Crippen LogP contribution is 2.28. The first kappa shape index (κ1) is 18.3. The Morgan fingerprint density at radius 3 is 2.96 bits per heavy atom. The Labute approximate surface area is 154 Å². The van der Waals surface area contributed by atoms with E-state index in [1.54, 1.807) is 0 Å². The average Bonchev–Trinajstić information content (AvgIpc) is 3.13. The fourth-order valence-corrected chi connectivity index (χ4v) is 4.28. The number of guanidine groups is 1. The van der Waals surface area contributed by atoms with E-state index in [0.717, 1.165) is 49.9 Å². The number of pyridine rings is 1. The number of ether oxygens (including phenoxy) is 1. The Bertz CT molecular complexity index is 576. The lowest BCUT2D eigenvalue weighted by Gasteiger charge is -2.29. The number of hydrogen-bond donors (Lipinski definition) is 2.